The van der Waals surface area contributed by atoms with E-state index in [0.29, 0.717) is 32.0 Å². The standard InChI is InChI=1S/C31H39N3O4/c1-5-10-25-27(30(37-6-2)22-12-9-13-22)28(31(35)38-7-3)29-24(23-14-8-11-21(4)19-23)20-26(32-34(25)29)33-15-17-36-18-16-33/h8,11,14,19-20H,5-7,9-10,12-13,15-18H2,1-4H3. The van der Waals surface area contributed by atoms with Gasteiger partial charge in [0.2, 0.25) is 0 Å². The van der Waals surface area contributed by atoms with E-state index in [2.05, 4.69) is 49.1 Å². The topological polar surface area (TPSA) is 65.3 Å². The molecular weight excluding hydrogens is 478 g/mol. The van der Waals surface area contributed by atoms with Crippen LogP contribution >= 0.6 is 0 Å². The number of anilines is 1. The average Bonchev–Trinajstić information content (AvgIpc) is 3.22. The summed E-state index contributed by atoms with van der Waals surface area (Å²) in [6.07, 6.45) is 4.82. The number of morpholine rings is 1. The molecule has 0 unspecified atom stereocenters. The van der Waals surface area contributed by atoms with Crippen molar-refractivity contribution in [1.29, 1.82) is 0 Å². The fourth-order valence-corrected chi connectivity index (χ4v) is 5.47. The maximum atomic E-state index is 13.8. The zero-order valence-electron chi connectivity index (χ0n) is 23.1. The molecular formula is C31H39N3O4. The number of carbonyl (C=O) groups excluding carboxylic acids is 1. The minimum atomic E-state index is -0.325. The third-order valence-electron chi connectivity index (χ3n) is 7.40. The fourth-order valence-electron chi connectivity index (χ4n) is 5.47. The Balaban J connectivity index is 1.90. The Hall–Kier alpha value is -3.32. The molecule has 1 saturated heterocycles. The van der Waals surface area contributed by atoms with E-state index >= 15 is 0 Å². The van der Waals surface area contributed by atoms with E-state index in [-0.39, 0.29) is 5.97 Å². The summed E-state index contributed by atoms with van der Waals surface area (Å²) in [6, 6.07) is 10.6. The number of aromatic nitrogens is 2. The van der Waals surface area contributed by atoms with Gasteiger partial charge in [0.15, 0.2) is 0 Å². The smallest absolute Gasteiger partial charge is 0.341 e. The van der Waals surface area contributed by atoms with Crippen LogP contribution in [0.15, 0.2) is 35.9 Å². The van der Waals surface area contributed by atoms with Gasteiger partial charge >= 0.3 is 5.97 Å². The van der Waals surface area contributed by atoms with Crippen molar-refractivity contribution in [3.05, 3.63) is 58.3 Å². The van der Waals surface area contributed by atoms with Gasteiger partial charge < -0.3 is 19.1 Å². The molecule has 1 aliphatic heterocycles. The number of fused-ring (bicyclic) bond motifs is 1. The lowest BCUT2D eigenvalue weighted by molar-refractivity contribution is 0.0527. The molecule has 1 aliphatic carbocycles. The largest absolute Gasteiger partial charge is 0.493 e. The van der Waals surface area contributed by atoms with Crippen LogP contribution in [-0.4, -0.2) is 55.1 Å². The second kappa shape index (κ2) is 11.6. The van der Waals surface area contributed by atoms with Crippen molar-refractivity contribution in [1.82, 2.24) is 9.61 Å². The first-order valence-electron chi connectivity index (χ1n) is 14.1. The lowest BCUT2D eigenvalue weighted by Crippen LogP contribution is -2.37. The number of hydrogen-bond acceptors (Lipinski definition) is 6. The van der Waals surface area contributed by atoms with Crippen LogP contribution in [0.1, 0.15) is 73.6 Å². The van der Waals surface area contributed by atoms with Crippen molar-refractivity contribution >= 4 is 23.1 Å². The molecule has 1 aromatic carbocycles. The van der Waals surface area contributed by atoms with Crippen LogP contribution in [0.3, 0.4) is 0 Å². The summed E-state index contributed by atoms with van der Waals surface area (Å²) in [6.45, 7) is 11.9. The van der Waals surface area contributed by atoms with E-state index in [1.54, 1.807) is 0 Å². The first-order chi connectivity index (χ1) is 18.6. The van der Waals surface area contributed by atoms with Crippen molar-refractivity contribution in [2.45, 2.75) is 59.8 Å². The summed E-state index contributed by atoms with van der Waals surface area (Å²) in [5, 5.41) is 5.20. The summed E-state index contributed by atoms with van der Waals surface area (Å²) in [5.74, 6) is 1.41. The number of benzene rings is 1. The van der Waals surface area contributed by atoms with Crippen LogP contribution in [0, 0.1) is 6.92 Å². The second-order valence-corrected chi connectivity index (χ2v) is 10.0. The van der Waals surface area contributed by atoms with Gasteiger partial charge in [-0.15, -0.1) is 5.10 Å². The van der Waals surface area contributed by atoms with E-state index < -0.39 is 0 Å². The van der Waals surface area contributed by atoms with Crippen LogP contribution in [0.5, 0.6) is 0 Å². The van der Waals surface area contributed by atoms with E-state index in [9.17, 15) is 4.79 Å². The quantitative estimate of drug-likeness (QED) is 0.248. The van der Waals surface area contributed by atoms with Gasteiger partial charge in [0.25, 0.3) is 0 Å². The van der Waals surface area contributed by atoms with Gasteiger partial charge in [-0.3, -0.25) is 0 Å². The SMILES string of the molecule is CCCc1c(C(OCC)=C2CCC2)c(C(=O)OCC)c2c(-c3cccc(C)c3)cc(N3CCOCC3)nn12. The fraction of sp³-hybridized carbons (Fsp3) is 0.484. The first-order valence-corrected chi connectivity index (χ1v) is 14.1. The highest BCUT2D eigenvalue weighted by molar-refractivity contribution is 6.07. The van der Waals surface area contributed by atoms with Crippen molar-refractivity contribution in [3.8, 4) is 11.1 Å². The molecule has 0 atom stereocenters. The Morgan fingerprint density at radius 1 is 1.03 bits per heavy atom. The Labute approximate surface area is 225 Å². The van der Waals surface area contributed by atoms with Crippen LogP contribution < -0.4 is 4.90 Å². The number of aryl methyl sites for hydroxylation is 2. The lowest BCUT2D eigenvalue weighted by Gasteiger charge is -2.28. The molecule has 5 rings (SSSR count). The maximum Gasteiger partial charge on any atom is 0.341 e. The Morgan fingerprint density at radius 2 is 1.79 bits per heavy atom. The third-order valence-corrected chi connectivity index (χ3v) is 7.40. The summed E-state index contributed by atoms with van der Waals surface area (Å²) in [5.41, 5.74) is 7.70. The minimum absolute atomic E-state index is 0.304. The molecule has 3 aromatic rings. The molecule has 2 aliphatic rings. The van der Waals surface area contributed by atoms with Crippen molar-refractivity contribution in [2.75, 3.05) is 44.4 Å². The van der Waals surface area contributed by atoms with Gasteiger partial charge in [-0.1, -0.05) is 43.2 Å². The number of hydrogen-bond donors (Lipinski definition) is 0. The van der Waals surface area contributed by atoms with Gasteiger partial charge in [-0.05, 0) is 63.7 Å². The van der Waals surface area contributed by atoms with Crippen LogP contribution in [0.25, 0.3) is 22.4 Å². The van der Waals surface area contributed by atoms with Crippen molar-refractivity contribution in [3.63, 3.8) is 0 Å². The molecule has 0 radical (unpaired) electrons. The molecule has 7 nitrogen and oxygen atoms in total. The number of nitrogens with zero attached hydrogens (tertiary/aromatic N) is 3. The molecule has 1 saturated carbocycles. The van der Waals surface area contributed by atoms with Crippen molar-refractivity contribution in [2.24, 2.45) is 0 Å². The number of carbonyl (C=O) groups is 1. The van der Waals surface area contributed by atoms with Gasteiger partial charge in [-0.25, -0.2) is 9.31 Å². The number of ether oxygens (including phenoxy) is 3. The zero-order chi connectivity index (χ0) is 26.6. The number of esters is 1. The Bertz CT molecular complexity index is 1340. The maximum absolute atomic E-state index is 13.8. The molecule has 2 fully saturated rings. The highest BCUT2D eigenvalue weighted by atomic mass is 16.5. The van der Waals surface area contributed by atoms with E-state index in [4.69, 9.17) is 19.3 Å². The monoisotopic (exact) mass is 517 g/mol. The molecule has 0 bridgehead atoms. The number of allylic oxidation sites excluding steroid dienone is 1. The first kappa shape index (κ1) is 26.3. The van der Waals surface area contributed by atoms with E-state index in [0.717, 1.165) is 90.2 Å². The van der Waals surface area contributed by atoms with Gasteiger partial charge in [0, 0.05) is 18.7 Å². The molecule has 7 heteroatoms. The van der Waals surface area contributed by atoms with Crippen LogP contribution in [0.4, 0.5) is 5.82 Å². The van der Waals surface area contributed by atoms with E-state index in [1.807, 2.05) is 18.4 Å². The highest BCUT2D eigenvalue weighted by Gasteiger charge is 2.33. The molecule has 0 spiro atoms. The normalized spacial score (nSPS) is 15.5. The predicted octanol–water partition coefficient (Wildman–Crippen LogP) is 6.21. The predicted molar refractivity (Wildman–Crippen MR) is 151 cm³/mol. The second-order valence-electron chi connectivity index (χ2n) is 10.0. The minimum Gasteiger partial charge on any atom is -0.493 e. The summed E-state index contributed by atoms with van der Waals surface area (Å²) < 4.78 is 19.7. The molecule has 2 aromatic heterocycles. The third kappa shape index (κ3) is 4.92. The van der Waals surface area contributed by atoms with E-state index in [1.165, 1.54) is 5.57 Å². The molecule has 38 heavy (non-hydrogen) atoms. The zero-order valence-corrected chi connectivity index (χ0v) is 23.1. The summed E-state index contributed by atoms with van der Waals surface area (Å²) in [4.78, 5) is 16.1. The number of rotatable bonds is 9. The van der Waals surface area contributed by atoms with Crippen molar-refractivity contribution < 1.29 is 19.0 Å². The Kier molecular flexibility index (Phi) is 8.03. The van der Waals surface area contributed by atoms with Gasteiger partial charge in [0.1, 0.15) is 11.6 Å². The summed E-state index contributed by atoms with van der Waals surface area (Å²) >= 11 is 0. The molecule has 202 valence electrons. The average molecular weight is 518 g/mol. The van der Waals surface area contributed by atoms with Crippen LogP contribution in [-0.2, 0) is 20.6 Å². The van der Waals surface area contributed by atoms with Crippen LogP contribution in [0.2, 0.25) is 0 Å². The molecule has 3 heterocycles. The lowest BCUT2D eigenvalue weighted by atomic mass is 9.87. The van der Waals surface area contributed by atoms with Gasteiger partial charge in [0.05, 0.1) is 48.8 Å². The highest BCUT2D eigenvalue weighted by Crippen LogP contribution is 2.42. The molecule has 0 amide bonds. The molecule has 0 N–H and O–H groups in total. The Morgan fingerprint density at radius 3 is 2.42 bits per heavy atom. The summed E-state index contributed by atoms with van der Waals surface area (Å²) in [7, 11) is 0. The van der Waals surface area contributed by atoms with Gasteiger partial charge in [-0.2, -0.15) is 0 Å².